The maximum absolute atomic E-state index is 10.5. The highest BCUT2D eigenvalue weighted by atomic mass is 16.4. The molecule has 0 bridgehead atoms. The molecule has 0 amide bonds. The van der Waals surface area contributed by atoms with Gasteiger partial charge in [0.2, 0.25) is 0 Å². The van der Waals surface area contributed by atoms with Gasteiger partial charge in [0.1, 0.15) is 0 Å². The Kier molecular flexibility index (Phi) is 3.02. The van der Waals surface area contributed by atoms with Gasteiger partial charge in [-0.3, -0.25) is 0 Å². The molecule has 66 valence electrons. The van der Waals surface area contributed by atoms with Gasteiger partial charge in [0.25, 0.3) is 0 Å². The largest absolute Gasteiger partial charge is 0.479 e. The maximum atomic E-state index is 10.5. The molecule has 4 heteroatoms. The van der Waals surface area contributed by atoms with Crippen LogP contribution in [0.2, 0.25) is 0 Å². The van der Waals surface area contributed by atoms with E-state index in [1.54, 1.807) is 13.8 Å². The standard InChI is InChI=1S/C7H14O4/c1-4(2)7(11,5(3)8)6(9)10/h4-5,8,11H,1-3H3,(H,9,10)/t5-,7-/m0/s1. The van der Waals surface area contributed by atoms with Crippen LogP contribution in [0.4, 0.5) is 0 Å². The van der Waals surface area contributed by atoms with Crippen molar-refractivity contribution < 1.29 is 20.1 Å². The zero-order valence-corrected chi connectivity index (χ0v) is 6.90. The predicted octanol–water partition coefficient (Wildman–Crippen LogP) is -0.161. The van der Waals surface area contributed by atoms with E-state index < -0.39 is 23.6 Å². The van der Waals surface area contributed by atoms with E-state index in [0.29, 0.717) is 0 Å². The van der Waals surface area contributed by atoms with Gasteiger partial charge in [0.05, 0.1) is 6.10 Å². The van der Waals surface area contributed by atoms with Crippen molar-refractivity contribution in [1.29, 1.82) is 0 Å². The molecule has 0 heterocycles. The number of aliphatic hydroxyl groups is 2. The first kappa shape index (κ1) is 10.4. The van der Waals surface area contributed by atoms with E-state index in [4.69, 9.17) is 10.2 Å². The monoisotopic (exact) mass is 162 g/mol. The summed E-state index contributed by atoms with van der Waals surface area (Å²) < 4.78 is 0. The van der Waals surface area contributed by atoms with Gasteiger partial charge in [-0.25, -0.2) is 4.79 Å². The van der Waals surface area contributed by atoms with E-state index in [1.165, 1.54) is 6.92 Å². The highest BCUT2D eigenvalue weighted by molar-refractivity contribution is 5.78. The maximum Gasteiger partial charge on any atom is 0.338 e. The van der Waals surface area contributed by atoms with Gasteiger partial charge in [-0.2, -0.15) is 0 Å². The molecule has 0 aliphatic carbocycles. The van der Waals surface area contributed by atoms with Gasteiger partial charge in [-0.15, -0.1) is 0 Å². The molecule has 11 heavy (non-hydrogen) atoms. The smallest absolute Gasteiger partial charge is 0.338 e. The first-order valence-corrected chi connectivity index (χ1v) is 3.47. The Balaban J connectivity index is 4.67. The Bertz CT molecular complexity index is 143. The molecule has 0 saturated carbocycles. The molecular formula is C7H14O4. The van der Waals surface area contributed by atoms with Crippen LogP contribution in [0.5, 0.6) is 0 Å². The molecule has 0 aromatic carbocycles. The van der Waals surface area contributed by atoms with Crippen molar-refractivity contribution in [3.63, 3.8) is 0 Å². The van der Waals surface area contributed by atoms with Crippen LogP contribution in [0.25, 0.3) is 0 Å². The van der Waals surface area contributed by atoms with E-state index in [1.807, 2.05) is 0 Å². The molecule has 0 aliphatic rings. The third kappa shape index (κ3) is 1.70. The summed E-state index contributed by atoms with van der Waals surface area (Å²) in [7, 11) is 0. The Morgan fingerprint density at radius 3 is 1.73 bits per heavy atom. The first-order chi connectivity index (χ1) is 4.83. The molecule has 3 N–H and O–H groups in total. The van der Waals surface area contributed by atoms with Gasteiger partial charge in [-0.05, 0) is 12.8 Å². The first-order valence-electron chi connectivity index (χ1n) is 3.47. The van der Waals surface area contributed by atoms with Crippen molar-refractivity contribution in [3.8, 4) is 0 Å². The summed E-state index contributed by atoms with van der Waals surface area (Å²) in [6.45, 7) is 4.34. The van der Waals surface area contributed by atoms with Crippen LogP contribution >= 0.6 is 0 Å². The summed E-state index contributed by atoms with van der Waals surface area (Å²) in [5.74, 6) is -1.90. The van der Waals surface area contributed by atoms with Crippen molar-refractivity contribution in [1.82, 2.24) is 0 Å². The zero-order chi connectivity index (χ0) is 9.23. The molecule has 0 aliphatic heterocycles. The lowest BCUT2D eigenvalue weighted by Crippen LogP contribution is -2.52. The Labute approximate surface area is 65.5 Å². The summed E-state index contributed by atoms with van der Waals surface area (Å²) in [5.41, 5.74) is -2.03. The Morgan fingerprint density at radius 2 is 1.73 bits per heavy atom. The minimum Gasteiger partial charge on any atom is -0.479 e. The number of carboxylic acids is 1. The SMILES string of the molecule is CC(C)[C@@](O)(C(=O)O)[C@H](C)O. The molecule has 4 nitrogen and oxygen atoms in total. The fourth-order valence-corrected chi connectivity index (χ4v) is 0.908. The normalized spacial score (nSPS) is 19.5. The molecule has 0 rings (SSSR count). The van der Waals surface area contributed by atoms with Crippen LogP contribution in [-0.2, 0) is 4.79 Å². The average Bonchev–Trinajstić information content (AvgIpc) is 1.84. The number of aliphatic hydroxyl groups excluding tert-OH is 1. The third-order valence-electron chi connectivity index (χ3n) is 1.86. The van der Waals surface area contributed by atoms with Crippen LogP contribution in [0.1, 0.15) is 20.8 Å². The predicted molar refractivity (Wildman–Crippen MR) is 39.1 cm³/mol. The third-order valence-corrected chi connectivity index (χ3v) is 1.86. The molecule has 0 aromatic rings. The van der Waals surface area contributed by atoms with Gasteiger partial charge in [0.15, 0.2) is 5.60 Å². The van der Waals surface area contributed by atoms with E-state index in [-0.39, 0.29) is 0 Å². The molecule has 0 unspecified atom stereocenters. The highest BCUT2D eigenvalue weighted by Crippen LogP contribution is 2.21. The minimum absolute atomic E-state index is 0.514. The van der Waals surface area contributed by atoms with Crippen LogP contribution < -0.4 is 0 Å². The number of carboxylic acid groups (broad SMARTS) is 1. The van der Waals surface area contributed by atoms with Crippen molar-refractivity contribution >= 4 is 5.97 Å². The number of hydrogen-bond donors (Lipinski definition) is 3. The van der Waals surface area contributed by atoms with Crippen LogP contribution in [0, 0.1) is 5.92 Å². The summed E-state index contributed by atoms with van der Waals surface area (Å²) in [6, 6.07) is 0. The van der Waals surface area contributed by atoms with E-state index in [2.05, 4.69) is 0 Å². The average molecular weight is 162 g/mol. The molecular weight excluding hydrogens is 148 g/mol. The highest BCUT2D eigenvalue weighted by Gasteiger charge is 2.44. The van der Waals surface area contributed by atoms with E-state index >= 15 is 0 Å². The van der Waals surface area contributed by atoms with Crippen molar-refractivity contribution in [2.75, 3.05) is 0 Å². The minimum atomic E-state index is -2.03. The second kappa shape index (κ2) is 3.19. The molecule has 0 radical (unpaired) electrons. The van der Waals surface area contributed by atoms with Crippen molar-refractivity contribution in [3.05, 3.63) is 0 Å². The molecule has 0 spiro atoms. The number of carbonyl (C=O) groups is 1. The van der Waals surface area contributed by atoms with Crippen LogP contribution in [0.15, 0.2) is 0 Å². The van der Waals surface area contributed by atoms with Gasteiger partial charge in [-0.1, -0.05) is 13.8 Å². The van der Waals surface area contributed by atoms with Crippen LogP contribution in [-0.4, -0.2) is 33.0 Å². The summed E-state index contributed by atoms with van der Waals surface area (Å²) in [5, 5.41) is 26.9. The second-order valence-electron chi connectivity index (χ2n) is 2.96. The van der Waals surface area contributed by atoms with Gasteiger partial charge >= 0.3 is 5.97 Å². The molecule has 0 aromatic heterocycles. The summed E-state index contributed by atoms with van der Waals surface area (Å²) >= 11 is 0. The Hall–Kier alpha value is -0.610. The lowest BCUT2D eigenvalue weighted by molar-refractivity contribution is -0.177. The van der Waals surface area contributed by atoms with E-state index in [0.717, 1.165) is 0 Å². The van der Waals surface area contributed by atoms with Gasteiger partial charge in [0, 0.05) is 0 Å². The van der Waals surface area contributed by atoms with Gasteiger partial charge < -0.3 is 15.3 Å². The number of aliphatic carboxylic acids is 1. The summed E-state index contributed by atoms with van der Waals surface area (Å²) in [6.07, 6.45) is -1.26. The zero-order valence-electron chi connectivity index (χ0n) is 6.90. The lowest BCUT2D eigenvalue weighted by Gasteiger charge is -2.29. The quantitative estimate of drug-likeness (QED) is 0.538. The number of hydrogen-bond acceptors (Lipinski definition) is 3. The second-order valence-corrected chi connectivity index (χ2v) is 2.96. The lowest BCUT2D eigenvalue weighted by atomic mass is 9.86. The fraction of sp³-hybridized carbons (Fsp3) is 0.857. The Morgan fingerprint density at radius 1 is 1.36 bits per heavy atom. The molecule has 0 fully saturated rings. The van der Waals surface area contributed by atoms with Crippen molar-refractivity contribution in [2.24, 2.45) is 5.92 Å². The number of rotatable bonds is 3. The fourth-order valence-electron chi connectivity index (χ4n) is 0.908. The molecule has 0 saturated heterocycles. The van der Waals surface area contributed by atoms with Crippen LogP contribution in [0.3, 0.4) is 0 Å². The van der Waals surface area contributed by atoms with E-state index in [9.17, 15) is 9.90 Å². The summed E-state index contributed by atoms with van der Waals surface area (Å²) in [4.78, 5) is 10.5. The topological polar surface area (TPSA) is 77.8 Å². The van der Waals surface area contributed by atoms with Crippen molar-refractivity contribution in [2.45, 2.75) is 32.5 Å². The molecule has 2 atom stereocenters.